The molecular formula is C13H17BrN2O3. The third-order valence-electron chi connectivity index (χ3n) is 3.18. The van der Waals surface area contributed by atoms with E-state index >= 15 is 0 Å². The van der Waals surface area contributed by atoms with Crippen LogP contribution >= 0.6 is 15.9 Å². The number of aromatic nitrogens is 1. The maximum Gasteiger partial charge on any atom is 0.251 e. The van der Waals surface area contributed by atoms with E-state index in [1.54, 1.807) is 17.2 Å². The first-order valence-electron chi connectivity index (χ1n) is 6.24. The van der Waals surface area contributed by atoms with Crippen molar-refractivity contribution in [3.8, 4) is 0 Å². The van der Waals surface area contributed by atoms with Crippen molar-refractivity contribution in [3.05, 3.63) is 33.2 Å². The Labute approximate surface area is 120 Å². The van der Waals surface area contributed by atoms with Gasteiger partial charge in [0.1, 0.15) is 6.54 Å². The number of morpholine rings is 1. The average Bonchev–Trinajstić information content (AvgIpc) is 2.36. The average molecular weight is 329 g/mol. The predicted octanol–water partition coefficient (Wildman–Crippen LogP) is 1.25. The molecule has 6 heteroatoms. The first-order chi connectivity index (χ1) is 8.97. The highest BCUT2D eigenvalue weighted by Crippen LogP contribution is 2.12. The van der Waals surface area contributed by atoms with Crippen LogP contribution in [0.2, 0.25) is 0 Å². The molecule has 0 radical (unpaired) electrons. The zero-order chi connectivity index (χ0) is 14.0. The summed E-state index contributed by atoms with van der Waals surface area (Å²) in [7, 11) is 0. The van der Waals surface area contributed by atoms with E-state index in [4.69, 9.17) is 4.74 Å². The summed E-state index contributed by atoms with van der Waals surface area (Å²) in [5, 5.41) is 0. The first kappa shape index (κ1) is 14.3. The summed E-state index contributed by atoms with van der Waals surface area (Å²) in [5.74, 6) is -0.0529. The van der Waals surface area contributed by atoms with Gasteiger partial charge in [-0.2, -0.15) is 0 Å². The standard InChI is InChI=1S/C13H17BrN2O3/c1-9-8-19-10(2)5-16(9)13(18)7-15-6-11(14)3-4-12(15)17/h3-4,6,9-10H,5,7-8H2,1-2H3/t9-,10-/m0/s1. The largest absolute Gasteiger partial charge is 0.375 e. The number of hydrogen-bond acceptors (Lipinski definition) is 3. The van der Waals surface area contributed by atoms with Gasteiger partial charge in [-0.15, -0.1) is 0 Å². The minimum atomic E-state index is -0.175. The van der Waals surface area contributed by atoms with Crippen molar-refractivity contribution >= 4 is 21.8 Å². The lowest BCUT2D eigenvalue weighted by Crippen LogP contribution is -2.51. The van der Waals surface area contributed by atoms with Crippen molar-refractivity contribution in [1.29, 1.82) is 0 Å². The highest BCUT2D eigenvalue weighted by atomic mass is 79.9. The highest BCUT2D eigenvalue weighted by Gasteiger charge is 2.27. The summed E-state index contributed by atoms with van der Waals surface area (Å²) in [4.78, 5) is 25.7. The molecule has 104 valence electrons. The topological polar surface area (TPSA) is 51.5 Å². The van der Waals surface area contributed by atoms with Gasteiger partial charge in [0.2, 0.25) is 5.91 Å². The van der Waals surface area contributed by atoms with Crippen LogP contribution in [-0.2, 0) is 16.1 Å². The van der Waals surface area contributed by atoms with Gasteiger partial charge in [-0.3, -0.25) is 9.59 Å². The Kier molecular flexibility index (Phi) is 4.42. The lowest BCUT2D eigenvalue weighted by atomic mass is 10.2. The van der Waals surface area contributed by atoms with Crippen LogP contribution in [-0.4, -0.2) is 40.7 Å². The molecule has 1 aromatic rings. The fourth-order valence-electron chi connectivity index (χ4n) is 2.11. The molecule has 1 saturated heterocycles. The van der Waals surface area contributed by atoms with Gasteiger partial charge in [0.05, 0.1) is 18.8 Å². The number of carbonyl (C=O) groups excluding carboxylic acids is 1. The molecule has 0 bridgehead atoms. The molecule has 0 saturated carbocycles. The van der Waals surface area contributed by atoms with Gasteiger partial charge < -0.3 is 14.2 Å². The number of halogens is 1. The first-order valence-corrected chi connectivity index (χ1v) is 7.03. The normalized spacial score (nSPS) is 23.4. The molecule has 1 aromatic heterocycles. The lowest BCUT2D eigenvalue weighted by Gasteiger charge is -2.36. The number of rotatable bonds is 2. The maximum atomic E-state index is 12.3. The lowest BCUT2D eigenvalue weighted by molar-refractivity contribution is -0.143. The van der Waals surface area contributed by atoms with Crippen molar-refractivity contribution in [3.63, 3.8) is 0 Å². The second kappa shape index (κ2) is 5.88. The van der Waals surface area contributed by atoms with Gasteiger partial charge in [0.25, 0.3) is 5.56 Å². The van der Waals surface area contributed by atoms with Gasteiger partial charge in [0, 0.05) is 23.3 Å². The zero-order valence-corrected chi connectivity index (χ0v) is 12.6. The molecule has 1 aliphatic rings. The number of amides is 1. The number of nitrogens with zero attached hydrogens (tertiary/aromatic N) is 2. The van der Waals surface area contributed by atoms with Gasteiger partial charge in [-0.05, 0) is 35.8 Å². The SMILES string of the molecule is C[C@H]1CN(C(=O)Cn2cc(Br)ccc2=O)[C@@H](C)CO1. The van der Waals surface area contributed by atoms with E-state index in [-0.39, 0.29) is 30.2 Å². The third kappa shape index (κ3) is 3.45. The van der Waals surface area contributed by atoms with Gasteiger partial charge >= 0.3 is 0 Å². The van der Waals surface area contributed by atoms with E-state index in [1.165, 1.54) is 10.6 Å². The van der Waals surface area contributed by atoms with E-state index in [2.05, 4.69) is 15.9 Å². The van der Waals surface area contributed by atoms with Crippen molar-refractivity contribution in [2.45, 2.75) is 32.5 Å². The van der Waals surface area contributed by atoms with E-state index < -0.39 is 0 Å². The van der Waals surface area contributed by atoms with Gasteiger partial charge in [0.15, 0.2) is 0 Å². The Balaban J connectivity index is 2.12. The van der Waals surface area contributed by atoms with E-state index in [0.29, 0.717) is 13.2 Å². The van der Waals surface area contributed by atoms with Crippen LogP contribution in [0.1, 0.15) is 13.8 Å². The molecule has 2 rings (SSSR count). The molecule has 0 aliphatic carbocycles. The Bertz CT molecular complexity index is 529. The number of carbonyl (C=O) groups is 1. The van der Waals surface area contributed by atoms with E-state index in [0.717, 1.165) is 4.47 Å². The maximum absolute atomic E-state index is 12.3. The number of pyridine rings is 1. The smallest absolute Gasteiger partial charge is 0.251 e. The minimum Gasteiger partial charge on any atom is -0.375 e. The predicted molar refractivity (Wildman–Crippen MR) is 75.0 cm³/mol. The molecule has 2 heterocycles. The van der Waals surface area contributed by atoms with Crippen LogP contribution in [0.4, 0.5) is 0 Å². The monoisotopic (exact) mass is 328 g/mol. The summed E-state index contributed by atoms with van der Waals surface area (Å²) in [6, 6.07) is 3.16. The Morgan fingerprint density at radius 3 is 2.95 bits per heavy atom. The molecule has 1 fully saturated rings. The number of hydrogen-bond donors (Lipinski definition) is 0. The minimum absolute atomic E-state index is 0.0411. The van der Waals surface area contributed by atoms with Crippen molar-refractivity contribution in [1.82, 2.24) is 9.47 Å². The summed E-state index contributed by atoms with van der Waals surface area (Å²) in [6.07, 6.45) is 1.67. The fraction of sp³-hybridized carbons (Fsp3) is 0.538. The molecule has 0 aromatic carbocycles. The molecule has 19 heavy (non-hydrogen) atoms. The van der Waals surface area contributed by atoms with Gasteiger partial charge in [-0.25, -0.2) is 0 Å². The Hall–Kier alpha value is -1.14. The summed E-state index contributed by atoms with van der Waals surface area (Å²) in [5.41, 5.74) is -0.175. The quantitative estimate of drug-likeness (QED) is 0.821. The molecule has 0 N–H and O–H groups in total. The van der Waals surface area contributed by atoms with Crippen molar-refractivity contribution in [2.75, 3.05) is 13.2 Å². The van der Waals surface area contributed by atoms with Crippen molar-refractivity contribution in [2.24, 2.45) is 0 Å². The van der Waals surface area contributed by atoms with Crippen LogP contribution < -0.4 is 5.56 Å². The van der Waals surface area contributed by atoms with Crippen LogP contribution in [0, 0.1) is 0 Å². The summed E-state index contributed by atoms with van der Waals surface area (Å²) < 4.78 is 7.69. The van der Waals surface area contributed by atoms with E-state index in [9.17, 15) is 9.59 Å². The third-order valence-corrected chi connectivity index (χ3v) is 3.65. The second-order valence-electron chi connectivity index (χ2n) is 4.85. The molecule has 5 nitrogen and oxygen atoms in total. The molecule has 2 atom stereocenters. The molecule has 0 spiro atoms. The van der Waals surface area contributed by atoms with E-state index in [1.807, 2.05) is 13.8 Å². The van der Waals surface area contributed by atoms with Crippen molar-refractivity contribution < 1.29 is 9.53 Å². The Morgan fingerprint density at radius 2 is 2.21 bits per heavy atom. The molecule has 0 unspecified atom stereocenters. The van der Waals surface area contributed by atoms with Crippen LogP contribution in [0.5, 0.6) is 0 Å². The summed E-state index contributed by atoms with van der Waals surface area (Å²) in [6.45, 7) is 5.07. The van der Waals surface area contributed by atoms with Crippen LogP contribution in [0.3, 0.4) is 0 Å². The zero-order valence-electron chi connectivity index (χ0n) is 11.0. The Morgan fingerprint density at radius 1 is 1.47 bits per heavy atom. The second-order valence-corrected chi connectivity index (χ2v) is 5.77. The molecular weight excluding hydrogens is 312 g/mol. The summed E-state index contributed by atoms with van der Waals surface area (Å²) >= 11 is 3.30. The van der Waals surface area contributed by atoms with Crippen LogP contribution in [0.25, 0.3) is 0 Å². The van der Waals surface area contributed by atoms with Gasteiger partial charge in [-0.1, -0.05) is 0 Å². The molecule has 1 aliphatic heterocycles. The highest BCUT2D eigenvalue weighted by molar-refractivity contribution is 9.10. The fourth-order valence-corrected chi connectivity index (χ4v) is 2.49. The molecule has 1 amide bonds. The number of ether oxygens (including phenoxy) is 1. The van der Waals surface area contributed by atoms with Crippen LogP contribution in [0.15, 0.2) is 27.6 Å².